The topological polar surface area (TPSA) is 38.7 Å². The van der Waals surface area contributed by atoms with Gasteiger partial charge in [-0.1, -0.05) is 42.5 Å². The number of rotatable bonds is 4. The van der Waals surface area contributed by atoms with Gasteiger partial charge >= 0.3 is 0 Å². The van der Waals surface area contributed by atoms with E-state index in [1.165, 1.54) is 0 Å². The van der Waals surface area contributed by atoms with Gasteiger partial charge in [0.25, 0.3) is 0 Å². The number of hydrogen-bond acceptors (Lipinski definition) is 3. The lowest BCUT2D eigenvalue weighted by Crippen LogP contribution is -2.35. The molecule has 1 aromatic rings. The maximum absolute atomic E-state index is 9.12. The van der Waals surface area contributed by atoms with Crippen LogP contribution >= 0.6 is 0 Å². The maximum atomic E-state index is 9.12. The Morgan fingerprint density at radius 2 is 2.12 bits per heavy atom. The molecule has 0 amide bonds. The number of benzene rings is 1. The molecule has 1 N–H and O–H groups in total. The van der Waals surface area contributed by atoms with E-state index < -0.39 is 0 Å². The monoisotopic (exact) mass is 220 g/mol. The van der Waals surface area contributed by atoms with Crippen LogP contribution in [0, 0.1) is 0 Å². The third-order valence-corrected chi connectivity index (χ3v) is 2.56. The molecule has 1 aliphatic heterocycles. The van der Waals surface area contributed by atoms with Crippen LogP contribution in [-0.4, -0.2) is 30.5 Å². The van der Waals surface area contributed by atoms with Crippen LogP contribution in [0.15, 0.2) is 42.5 Å². The lowest BCUT2D eigenvalue weighted by Gasteiger charge is -2.26. The first-order valence-electron chi connectivity index (χ1n) is 5.45. The predicted octanol–water partition coefficient (Wildman–Crippen LogP) is 1.52. The van der Waals surface area contributed by atoms with Crippen LogP contribution in [0.1, 0.15) is 5.56 Å². The van der Waals surface area contributed by atoms with Crippen molar-refractivity contribution in [2.45, 2.75) is 18.8 Å². The molecule has 86 valence electrons. The van der Waals surface area contributed by atoms with E-state index >= 15 is 0 Å². The highest BCUT2D eigenvalue weighted by Crippen LogP contribution is 2.13. The fourth-order valence-electron chi connectivity index (χ4n) is 1.67. The largest absolute Gasteiger partial charge is 0.394 e. The van der Waals surface area contributed by atoms with Gasteiger partial charge in [0.1, 0.15) is 12.2 Å². The van der Waals surface area contributed by atoms with E-state index in [9.17, 15) is 0 Å². The Hall–Kier alpha value is -1.16. The molecule has 0 aliphatic carbocycles. The molecule has 2 rings (SSSR count). The second-order valence-corrected chi connectivity index (χ2v) is 3.74. The van der Waals surface area contributed by atoms with Crippen LogP contribution in [0.2, 0.25) is 0 Å². The molecule has 0 fully saturated rings. The minimum absolute atomic E-state index is 0.0101. The Labute approximate surface area is 95.3 Å². The van der Waals surface area contributed by atoms with Crippen LogP contribution in [0.25, 0.3) is 0 Å². The molecule has 1 aliphatic rings. The molecule has 0 saturated heterocycles. The summed E-state index contributed by atoms with van der Waals surface area (Å²) >= 11 is 0. The molecule has 3 nitrogen and oxygen atoms in total. The van der Waals surface area contributed by atoms with Gasteiger partial charge in [-0.25, -0.2) is 0 Å². The first kappa shape index (κ1) is 11.3. The summed E-state index contributed by atoms with van der Waals surface area (Å²) in [6.45, 7) is 1.08. The average molecular weight is 220 g/mol. The summed E-state index contributed by atoms with van der Waals surface area (Å²) in [5, 5.41) is 9.12. The van der Waals surface area contributed by atoms with Crippen LogP contribution in [0.3, 0.4) is 0 Å². The van der Waals surface area contributed by atoms with Gasteiger partial charge in [-0.15, -0.1) is 0 Å². The summed E-state index contributed by atoms with van der Waals surface area (Å²) in [6.07, 6.45) is 3.47. The van der Waals surface area contributed by atoms with E-state index in [-0.39, 0.29) is 18.8 Å². The number of aliphatic hydroxyl groups is 1. The smallest absolute Gasteiger partial charge is 0.111 e. The van der Waals surface area contributed by atoms with Crippen molar-refractivity contribution in [1.82, 2.24) is 0 Å². The first-order valence-corrected chi connectivity index (χ1v) is 5.45. The zero-order valence-electron chi connectivity index (χ0n) is 9.08. The second-order valence-electron chi connectivity index (χ2n) is 3.74. The van der Waals surface area contributed by atoms with Crippen molar-refractivity contribution in [2.75, 3.05) is 13.2 Å². The van der Waals surface area contributed by atoms with Gasteiger partial charge in [0, 0.05) is 0 Å². The Kier molecular flexibility index (Phi) is 4.10. The van der Waals surface area contributed by atoms with Gasteiger partial charge in [-0.05, 0) is 5.56 Å². The van der Waals surface area contributed by atoms with Gasteiger partial charge < -0.3 is 14.6 Å². The lowest BCUT2D eigenvalue weighted by molar-refractivity contribution is -0.0789. The molecule has 0 saturated carbocycles. The summed E-state index contributed by atoms with van der Waals surface area (Å²) in [4.78, 5) is 0. The van der Waals surface area contributed by atoms with Gasteiger partial charge in [0.2, 0.25) is 0 Å². The number of hydrogen-bond donors (Lipinski definition) is 1. The molecule has 0 spiro atoms. The molecule has 2 atom stereocenters. The molecule has 1 aromatic carbocycles. The molecular weight excluding hydrogens is 204 g/mol. The Morgan fingerprint density at radius 3 is 2.88 bits per heavy atom. The Balaban J connectivity index is 1.89. The minimum atomic E-state index is -0.242. The fraction of sp³-hybridized carbons (Fsp3) is 0.385. The third-order valence-electron chi connectivity index (χ3n) is 2.56. The van der Waals surface area contributed by atoms with Gasteiger partial charge in [-0.2, -0.15) is 0 Å². The van der Waals surface area contributed by atoms with Gasteiger partial charge in [0.15, 0.2) is 0 Å². The molecule has 16 heavy (non-hydrogen) atoms. The van der Waals surface area contributed by atoms with Gasteiger partial charge in [0.05, 0.1) is 19.8 Å². The Morgan fingerprint density at radius 1 is 1.31 bits per heavy atom. The molecule has 3 heteroatoms. The van der Waals surface area contributed by atoms with Crippen molar-refractivity contribution in [1.29, 1.82) is 0 Å². The number of ether oxygens (including phenoxy) is 2. The van der Waals surface area contributed by atoms with E-state index in [1.807, 2.05) is 42.5 Å². The fourth-order valence-corrected chi connectivity index (χ4v) is 1.67. The summed E-state index contributed by atoms with van der Waals surface area (Å²) in [5.74, 6) is 0. The zero-order valence-corrected chi connectivity index (χ0v) is 9.08. The summed E-state index contributed by atoms with van der Waals surface area (Å²) in [6, 6.07) is 9.97. The van der Waals surface area contributed by atoms with E-state index in [4.69, 9.17) is 14.6 Å². The van der Waals surface area contributed by atoms with Crippen molar-refractivity contribution in [3.8, 4) is 0 Å². The van der Waals surface area contributed by atoms with E-state index in [2.05, 4.69) is 0 Å². The van der Waals surface area contributed by atoms with Crippen LogP contribution in [0.5, 0.6) is 0 Å². The third kappa shape index (κ3) is 2.92. The minimum Gasteiger partial charge on any atom is -0.394 e. The highest BCUT2D eigenvalue weighted by atomic mass is 16.5. The Bertz CT molecular complexity index is 334. The number of aliphatic hydroxyl groups excluding tert-OH is 1. The van der Waals surface area contributed by atoms with E-state index in [0.29, 0.717) is 13.2 Å². The molecule has 0 aromatic heterocycles. The quantitative estimate of drug-likeness (QED) is 0.782. The zero-order chi connectivity index (χ0) is 11.2. The van der Waals surface area contributed by atoms with Crippen molar-refractivity contribution in [2.24, 2.45) is 0 Å². The lowest BCUT2D eigenvalue weighted by atomic mass is 10.1. The molecule has 0 bridgehead atoms. The van der Waals surface area contributed by atoms with Crippen molar-refractivity contribution in [3.05, 3.63) is 48.0 Å². The summed E-state index contributed by atoms with van der Waals surface area (Å²) in [7, 11) is 0. The normalized spacial score (nSPS) is 24.6. The standard InChI is InChI=1S/C13H16O3/c14-9-13-12(7-4-8-15-13)16-10-11-5-2-1-3-6-11/h1-7,12-14H,8-10H2/t12-,13-/m1/s1. The van der Waals surface area contributed by atoms with Crippen LogP contribution in [-0.2, 0) is 16.1 Å². The van der Waals surface area contributed by atoms with Crippen molar-refractivity contribution < 1.29 is 14.6 Å². The molecule has 0 unspecified atom stereocenters. The highest BCUT2D eigenvalue weighted by Gasteiger charge is 2.22. The van der Waals surface area contributed by atoms with Crippen LogP contribution < -0.4 is 0 Å². The van der Waals surface area contributed by atoms with Crippen molar-refractivity contribution in [3.63, 3.8) is 0 Å². The molecule has 0 radical (unpaired) electrons. The van der Waals surface area contributed by atoms with E-state index in [1.54, 1.807) is 0 Å². The summed E-state index contributed by atoms with van der Waals surface area (Å²) < 4.78 is 11.1. The molecular formula is C13H16O3. The predicted molar refractivity (Wildman–Crippen MR) is 61.0 cm³/mol. The van der Waals surface area contributed by atoms with Crippen molar-refractivity contribution >= 4 is 0 Å². The second kappa shape index (κ2) is 5.80. The molecule has 1 heterocycles. The average Bonchev–Trinajstić information content (AvgIpc) is 2.38. The SMILES string of the molecule is OC[C@H]1OCC=C[C@H]1OCc1ccccc1. The maximum Gasteiger partial charge on any atom is 0.111 e. The van der Waals surface area contributed by atoms with Gasteiger partial charge in [-0.3, -0.25) is 0 Å². The summed E-state index contributed by atoms with van der Waals surface area (Å²) in [5.41, 5.74) is 1.12. The highest BCUT2D eigenvalue weighted by molar-refractivity contribution is 5.13. The van der Waals surface area contributed by atoms with Crippen LogP contribution in [0.4, 0.5) is 0 Å². The first-order chi connectivity index (χ1) is 7.90. The van der Waals surface area contributed by atoms with E-state index in [0.717, 1.165) is 5.56 Å².